The van der Waals surface area contributed by atoms with E-state index in [1.165, 1.54) is 12.1 Å². The fourth-order valence-electron chi connectivity index (χ4n) is 3.36. The van der Waals surface area contributed by atoms with Crippen molar-refractivity contribution in [2.24, 2.45) is 0 Å². The number of benzene rings is 4. The number of hydrogen-bond acceptors (Lipinski definition) is 4. The number of rotatable bonds is 7. The van der Waals surface area contributed by atoms with E-state index >= 15 is 0 Å². The number of ketones is 1. The van der Waals surface area contributed by atoms with Crippen molar-refractivity contribution in [1.29, 1.82) is 0 Å². The highest BCUT2D eigenvalue weighted by Crippen LogP contribution is 2.27. The van der Waals surface area contributed by atoms with Gasteiger partial charge in [-0.15, -0.1) is 0 Å². The highest BCUT2D eigenvalue weighted by molar-refractivity contribution is 6.07. The zero-order chi connectivity index (χ0) is 21.6. The first-order valence-corrected chi connectivity index (χ1v) is 9.92. The van der Waals surface area contributed by atoms with E-state index in [4.69, 9.17) is 4.74 Å². The SMILES string of the molecule is O=C(CNC(=O)c1cccc2ccccc12)Cc1ccccc1Oc1ccc(O)cc1. The first kappa shape index (κ1) is 20.2. The van der Waals surface area contributed by atoms with Gasteiger partial charge in [0.1, 0.15) is 17.2 Å². The van der Waals surface area contributed by atoms with Gasteiger partial charge in [0.15, 0.2) is 5.78 Å². The number of hydrogen-bond donors (Lipinski definition) is 2. The number of phenolic OH excluding ortho intramolecular Hbond substituents is 1. The Morgan fingerprint density at radius 1 is 0.806 bits per heavy atom. The molecule has 0 aliphatic rings. The fourth-order valence-corrected chi connectivity index (χ4v) is 3.36. The smallest absolute Gasteiger partial charge is 0.252 e. The topological polar surface area (TPSA) is 75.6 Å². The summed E-state index contributed by atoms with van der Waals surface area (Å²) in [6.45, 7) is -0.0738. The first-order valence-electron chi connectivity index (χ1n) is 9.92. The second-order valence-corrected chi connectivity index (χ2v) is 7.13. The van der Waals surface area contributed by atoms with Crippen molar-refractivity contribution >= 4 is 22.5 Å². The predicted molar refractivity (Wildman–Crippen MR) is 120 cm³/mol. The van der Waals surface area contributed by atoms with E-state index in [1.54, 1.807) is 24.3 Å². The average molecular weight is 411 g/mol. The van der Waals surface area contributed by atoms with Gasteiger partial charge in [0.2, 0.25) is 0 Å². The number of para-hydroxylation sites is 1. The number of aromatic hydroxyl groups is 1. The van der Waals surface area contributed by atoms with E-state index < -0.39 is 0 Å². The third-order valence-corrected chi connectivity index (χ3v) is 4.91. The van der Waals surface area contributed by atoms with Gasteiger partial charge in [-0.3, -0.25) is 9.59 Å². The van der Waals surface area contributed by atoms with Gasteiger partial charge in [-0.2, -0.15) is 0 Å². The predicted octanol–water partition coefficient (Wildman–Crippen LogP) is 4.88. The number of amides is 1. The Morgan fingerprint density at radius 3 is 2.35 bits per heavy atom. The zero-order valence-corrected chi connectivity index (χ0v) is 16.7. The molecule has 1 amide bonds. The molecule has 0 spiro atoms. The molecule has 0 heterocycles. The van der Waals surface area contributed by atoms with Gasteiger partial charge >= 0.3 is 0 Å². The van der Waals surface area contributed by atoms with Crippen LogP contribution in [0.15, 0.2) is 91.0 Å². The van der Waals surface area contributed by atoms with Crippen LogP contribution in [0.2, 0.25) is 0 Å². The van der Waals surface area contributed by atoms with Gasteiger partial charge in [0.05, 0.1) is 6.54 Å². The van der Waals surface area contributed by atoms with E-state index in [9.17, 15) is 14.7 Å². The molecule has 0 bridgehead atoms. The second-order valence-electron chi connectivity index (χ2n) is 7.13. The zero-order valence-electron chi connectivity index (χ0n) is 16.7. The van der Waals surface area contributed by atoms with E-state index in [0.717, 1.165) is 16.3 Å². The Balaban J connectivity index is 1.41. The summed E-state index contributed by atoms with van der Waals surface area (Å²) < 4.78 is 5.86. The molecule has 0 unspecified atom stereocenters. The average Bonchev–Trinajstić information content (AvgIpc) is 2.80. The summed E-state index contributed by atoms with van der Waals surface area (Å²) in [5.41, 5.74) is 1.27. The molecule has 0 radical (unpaired) electrons. The maximum absolute atomic E-state index is 12.6. The summed E-state index contributed by atoms with van der Waals surface area (Å²) in [5, 5.41) is 14.0. The number of ether oxygens (including phenoxy) is 1. The Labute approximate surface area is 179 Å². The summed E-state index contributed by atoms with van der Waals surface area (Å²) in [6.07, 6.45) is 0.129. The van der Waals surface area contributed by atoms with Crippen LogP contribution in [0.25, 0.3) is 10.8 Å². The Kier molecular flexibility index (Phi) is 5.94. The van der Waals surface area contributed by atoms with Gasteiger partial charge in [-0.1, -0.05) is 54.6 Å². The third kappa shape index (κ3) is 4.90. The molecule has 0 atom stereocenters. The standard InChI is InChI=1S/C26H21NO4/c28-20-12-14-22(15-13-20)31-25-11-4-2-7-19(25)16-21(29)17-27-26(30)24-10-5-8-18-6-1-3-9-23(18)24/h1-15,28H,16-17H2,(H,27,30). The summed E-state index contributed by atoms with van der Waals surface area (Å²) in [5.74, 6) is 0.857. The number of carbonyl (C=O) groups is 2. The Hall–Kier alpha value is -4.12. The van der Waals surface area contributed by atoms with Gasteiger partial charge in [0.25, 0.3) is 5.91 Å². The molecule has 0 fully saturated rings. The third-order valence-electron chi connectivity index (χ3n) is 4.91. The molecule has 4 aromatic rings. The van der Waals surface area contributed by atoms with Crippen LogP contribution < -0.4 is 10.1 Å². The van der Waals surface area contributed by atoms with Crippen molar-refractivity contribution in [3.05, 3.63) is 102 Å². The lowest BCUT2D eigenvalue weighted by atomic mass is 10.0. The van der Waals surface area contributed by atoms with Crippen LogP contribution in [0.5, 0.6) is 17.2 Å². The van der Waals surface area contributed by atoms with Crippen molar-refractivity contribution in [1.82, 2.24) is 5.32 Å². The number of phenols is 1. The van der Waals surface area contributed by atoms with E-state index in [-0.39, 0.29) is 30.4 Å². The van der Waals surface area contributed by atoms with Crippen LogP contribution >= 0.6 is 0 Å². The van der Waals surface area contributed by atoms with Crippen LogP contribution in [0, 0.1) is 0 Å². The molecule has 5 heteroatoms. The molecular weight excluding hydrogens is 390 g/mol. The number of nitrogens with one attached hydrogen (secondary N) is 1. The van der Waals surface area contributed by atoms with Crippen molar-refractivity contribution in [3.63, 3.8) is 0 Å². The van der Waals surface area contributed by atoms with Crippen molar-refractivity contribution in [2.75, 3.05) is 6.54 Å². The maximum Gasteiger partial charge on any atom is 0.252 e. The molecule has 154 valence electrons. The van der Waals surface area contributed by atoms with Crippen LogP contribution in [0.4, 0.5) is 0 Å². The molecule has 2 N–H and O–H groups in total. The van der Waals surface area contributed by atoms with E-state index in [1.807, 2.05) is 54.6 Å². The fraction of sp³-hybridized carbons (Fsp3) is 0.0769. The normalized spacial score (nSPS) is 10.6. The summed E-state index contributed by atoms with van der Waals surface area (Å²) >= 11 is 0. The van der Waals surface area contributed by atoms with Crippen molar-refractivity contribution < 1.29 is 19.4 Å². The van der Waals surface area contributed by atoms with E-state index in [0.29, 0.717) is 17.1 Å². The minimum atomic E-state index is -0.279. The molecular formula is C26H21NO4. The molecule has 0 saturated heterocycles. The minimum absolute atomic E-state index is 0.0738. The Morgan fingerprint density at radius 2 is 1.52 bits per heavy atom. The lowest BCUT2D eigenvalue weighted by molar-refractivity contribution is -0.117. The molecule has 0 aliphatic carbocycles. The lowest BCUT2D eigenvalue weighted by Gasteiger charge is -2.11. The van der Waals surface area contributed by atoms with Gasteiger partial charge in [-0.25, -0.2) is 0 Å². The molecule has 5 nitrogen and oxygen atoms in total. The highest BCUT2D eigenvalue weighted by Gasteiger charge is 2.13. The van der Waals surface area contributed by atoms with Crippen LogP contribution in [-0.4, -0.2) is 23.3 Å². The van der Waals surface area contributed by atoms with Crippen molar-refractivity contribution in [3.8, 4) is 17.2 Å². The largest absolute Gasteiger partial charge is 0.508 e. The molecule has 31 heavy (non-hydrogen) atoms. The minimum Gasteiger partial charge on any atom is -0.508 e. The first-order chi connectivity index (χ1) is 15.1. The molecule has 4 rings (SSSR count). The van der Waals surface area contributed by atoms with Gasteiger partial charge in [0, 0.05) is 17.5 Å². The summed E-state index contributed by atoms with van der Waals surface area (Å²) in [6, 6.07) is 26.8. The van der Waals surface area contributed by atoms with Gasteiger partial charge < -0.3 is 15.2 Å². The Bertz CT molecular complexity index is 1230. The van der Waals surface area contributed by atoms with Crippen LogP contribution in [0.1, 0.15) is 15.9 Å². The van der Waals surface area contributed by atoms with Crippen LogP contribution in [-0.2, 0) is 11.2 Å². The number of fused-ring (bicyclic) bond motifs is 1. The molecule has 0 aliphatic heterocycles. The highest BCUT2D eigenvalue weighted by atomic mass is 16.5. The second kappa shape index (κ2) is 9.13. The lowest BCUT2D eigenvalue weighted by Crippen LogP contribution is -2.30. The monoisotopic (exact) mass is 411 g/mol. The quantitative estimate of drug-likeness (QED) is 0.455. The number of carbonyl (C=O) groups excluding carboxylic acids is 2. The number of Topliss-reactive ketones (excluding diaryl/α,β-unsaturated/α-hetero) is 1. The van der Waals surface area contributed by atoms with Gasteiger partial charge in [-0.05, 0) is 47.2 Å². The molecule has 0 saturated carbocycles. The summed E-state index contributed by atoms with van der Waals surface area (Å²) in [7, 11) is 0. The summed E-state index contributed by atoms with van der Waals surface area (Å²) in [4.78, 5) is 25.2. The van der Waals surface area contributed by atoms with Crippen LogP contribution in [0.3, 0.4) is 0 Å². The van der Waals surface area contributed by atoms with E-state index in [2.05, 4.69) is 5.32 Å². The van der Waals surface area contributed by atoms with Crippen molar-refractivity contribution in [2.45, 2.75) is 6.42 Å². The molecule has 4 aromatic carbocycles. The maximum atomic E-state index is 12.6. The molecule has 0 aromatic heterocycles.